The molecular formula is C15H16N4O2. The number of furan rings is 1. The van der Waals surface area contributed by atoms with Crippen molar-refractivity contribution >= 4 is 17.9 Å². The molecule has 0 unspecified atom stereocenters. The van der Waals surface area contributed by atoms with E-state index in [1.54, 1.807) is 42.9 Å². The van der Waals surface area contributed by atoms with E-state index in [1.165, 1.54) is 0 Å². The molecule has 1 aliphatic rings. The number of nitrogens with zero attached hydrogens (tertiary/aromatic N) is 4. The summed E-state index contributed by atoms with van der Waals surface area (Å²) >= 11 is 0. The van der Waals surface area contributed by atoms with Crippen LogP contribution in [0, 0.1) is 0 Å². The second-order valence-corrected chi connectivity index (χ2v) is 4.71. The molecule has 0 spiro atoms. The highest BCUT2D eigenvalue weighted by Crippen LogP contribution is 2.10. The van der Waals surface area contributed by atoms with Crippen molar-refractivity contribution in [1.82, 2.24) is 14.9 Å². The smallest absolute Gasteiger partial charge is 0.246 e. The molecule has 0 aromatic carbocycles. The van der Waals surface area contributed by atoms with Crippen LogP contribution in [0.3, 0.4) is 0 Å². The molecule has 1 amide bonds. The molecule has 108 valence electrons. The quantitative estimate of drug-likeness (QED) is 0.798. The summed E-state index contributed by atoms with van der Waals surface area (Å²) in [6.07, 6.45) is 8.28. The molecule has 1 saturated heterocycles. The number of piperazine rings is 1. The summed E-state index contributed by atoms with van der Waals surface area (Å²) in [4.78, 5) is 24.4. The lowest BCUT2D eigenvalue weighted by atomic mass is 10.3. The van der Waals surface area contributed by atoms with Gasteiger partial charge in [-0.1, -0.05) is 0 Å². The highest BCUT2D eigenvalue weighted by Gasteiger charge is 2.20. The zero-order chi connectivity index (χ0) is 14.5. The van der Waals surface area contributed by atoms with E-state index in [0.29, 0.717) is 18.8 Å². The van der Waals surface area contributed by atoms with Gasteiger partial charge in [0.05, 0.1) is 6.26 Å². The van der Waals surface area contributed by atoms with Crippen LogP contribution in [-0.2, 0) is 4.79 Å². The van der Waals surface area contributed by atoms with Crippen LogP contribution in [0.4, 0.5) is 5.95 Å². The third kappa shape index (κ3) is 3.28. The topological polar surface area (TPSA) is 62.5 Å². The van der Waals surface area contributed by atoms with Gasteiger partial charge in [-0.2, -0.15) is 0 Å². The molecule has 1 fully saturated rings. The van der Waals surface area contributed by atoms with E-state index in [9.17, 15) is 4.79 Å². The number of aromatic nitrogens is 2. The summed E-state index contributed by atoms with van der Waals surface area (Å²) < 4.78 is 5.16. The first kappa shape index (κ1) is 13.4. The number of hydrogen-bond donors (Lipinski definition) is 0. The lowest BCUT2D eigenvalue weighted by Crippen LogP contribution is -2.48. The van der Waals surface area contributed by atoms with Gasteiger partial charge in [-0.15, -0.1) is 0 Å². The number of anilines is 1. The van der Waals surface area contributed by atoms with E-state index in [4.69, 9.17) is 4.42 Å². The van der Waals surface area contributed by atoms with Crippen LogP contribution in [0.15, 0.2) is 47.3 Å². The molecule has 0 aliphatic carbocycles. The summed E-state index contributed by atoms with van der Waals surface area (Å²) in [5.74, 6) is 1.40. The van der Waals surface area contributed by atoms with E-state index in [0.717, 1.165) is 19.0 Å². The van der Waals surface area contributed by atoms with Gasteiger partial charge in [0.2, 0.25) is 11.9 Å². The fourth-order valence-corrected chi connectivity index (χ4v) is 2.23. The summed E-state index contributed by atoms with van der Waals surface area (Å²) in [6.45, 7) is 2.81. The van der Waals surface area contributed by atoms with Gasteiger partial charge in [0.15, 0.2) is 0 Å². The highest BCUT2D eigenvalue weighted by molar-refractivity contribution is 5.91. The molecule has 0 saturated carbocycles. The lowest BCUT2D eigenvalue weighted by molar-refractivity contribution is -0.126. The zero-order valence-electron chi connectivity index (χ0n) is 11.6. The Hall–Kier alpha value is -2.63. The molecule has 21 heavy (non-hydrogen) atoms. The molecule has 1 aliphatic heterocycles. The predicted molar refractivity (Wildman–Crippen MR) is 78.6 cm³/mol. The minimum atomic E-state index is 0.0000278. The van der Waals surface area contributed by atoms with Crippen molar-refractivity contribution in [1.29, 1.82) is 0 Å². The molecule has 0 N–H and O–H groups in total. The Bertz CT molecular complexity index is 602. The van der Waals surface area contributed by atoms with E-state index in [2.05, 4.69) is 14.9 Å². The Kier molecular flexibility index (Phi) is 3.95. The summed E-state index contributed by atoms with van der Waals surface area (Å²) in [6, 6.07) is 5.40. The molecule has 6 nitrogen and oxygen atoms in total. The Morgan fingerprint density at radius 3 is 2.57 bits per heavy atom. The predicted octanol–water partition coefficient (Wildman–Crippen LogP) is 1.43. The average molecular weight is 284 g/mol. The summed E-state index contributed by atoms with van der Waals surface area (Å²) in [7, 11) is 0. The molecule has 2 aromatic rings. The summed E-state index contributed by atoms with van der Waals surface area (Å²) in [5, 5.41) is 0. The summed E-state index contributed by atoms with van der Waals surface area (Å²) in [5.41, 5.74) is 0. The second kappa shape index (κ2) is 6.21. The SMILES string of the molecule is O=C(/C=C/c1ccco1)N1CCN(c2ncccn2)CC1. The first-order chi connectivity index (χ1) is 10.3. The second-order valence-electron chi connectivity index (χ2n) is 4.71. The third-order valence-corrected chi connectivity index (χ3v) is 3.36. The van der Waals surface area contributed by atoms with Gasteiger partial charge in [-0.3, -0.25) is 4.79 Å². The Balaban J connectivity index is 1.55. The number of hydrogen-bond acceptors (Lipinski definition) is 5. The van der Waals surface area contributed by atoms with Gasteiger partial charge < -0.3 is 14.2 Å². The Labute approximate surface area is 122 Å². The van der Waals surface area contributed by atoms with Gasteiger partial charge in [-0.25, -0.2) is 9.97 Å². The minimum absolute atomic E-state index is 0.0000278. The van der Waals surface area contributed by atoms with Crippen molar-refractivity contribution in [2.45, 2.75) is 0 Å². The van der Waals surface area contributed by atoms with Crippen molar-refractivity contribution in [2.24, 2.45) is 0 Å². The van der Waals surface area contributed by atoms with Crippen molar-refractivity contribution in [3.8, 4) is 0 Å². The maximum absolute atomic E-state index is 12.1. The van der Waals surface area contributed by atoms with Crippen LogP contribution in [0.5, 0.6) is 0 Å². The van der Waals surface area contributed by atoms with Crippen molar-refractivity contribution in [2.75, 3.05) is 31.1 Å². The first-order valence-electron chi connectivity index (χ1n) is 6.85. The van der Waals surface area contributed by atoms with Crippen LogP contribution < -0.4 is 4.90 Å². The monoisotopic (exact) mass is 284 g/mol. The van der Waals surface area contributed by atoms with Crippen LogP contribution in [0.25, 0.3) is 6.08 Å². The highest BCUT2D eigenvalue weighted by atomic mass is 16.3. The van der Waals surface area contributed by atoms with Crippen molar-refractivity contribution in [3.63, 3.8) is 0 Å². The van der Waals surface area contributed by atoms with E-state index in [1.807, 2.05) is 11.0 Å². The number of amides is 1. The molecule has 0 radical (unpaired) electrons. The third-order valence-electron chi connectivity index (χ3n) is 3.36. The molecule has 3 heterocycles. The molecule has 0 bridgehead atoms. The van der Waals surface area contributed by atoms with E-state index >= 15 is 0 Å². The van der Waals surface area contributed by atoms with Gasteiger partial charge in [-0.05, 0) is 24.3 Å². The molecule has 2 aromatic heterocycles. The van der Waals surface area contributed by atoms with Crippen molar-refractivity contribution < 1.29 is 9.21 Å². The minimum Gasteiger partial charge on any atom is -0.465 e. The van der Waals surface area contributed by atoms with Gasteiger partial charge >= 0.3 is 0 Å². The molecule has 3 rings (SSSR count). The fourth-order valence-electron chi connectivity index (χ4n) is 2.23. The standard InChI is InChI=1S/C15H16N4O2/c20-14(5-4-13-3-1-12-21-13)18-8-10-19(11-9-18)15-16-6-2-7-17-15/h1-7,12H,8-11H2/b5-4+. The number of rotatable bonds is 3. The van der Waals surface area contributed by atoms with Gasteiger partial charge in [0.1, 0.15) is 5.76 Å². The van der Waals surface area contributed by atoms with Crippen molar-refractivity contribution in [3.05, 3.63) is 48.7 Å². The lowest BCUT2D eigenvalue weighted by Gasteiger charge is -2.34. The number of carbonyl (C=O) groups excluding carboxylic acids is 1. The van der Waals surface area contributed by atoms with E-state index in [-0.39, 0.29) is 5.91 Å². The fraction of sp³-hybridized carbons (Fsp3) is 0.267. The largest absolute Gasteiger partial charge is 0.465 e. The first-order valence-corrected chi connectivity index (χ1v) is 6.85. The Morgan fingerprint density at radius 1 is 1.14 bits per heavy atom. The van der Waals surface area contributed by atoms with Gasteiger partial charge in [0, 0.05) is 44.6 Å². The van der Waals surface area contributed by atoms with Crippen LogP contribution in [0.2, 0.25) is 0 Å². The Morgan fingerprint density at radius 2 is 1.90 bits per heavy atom. The van der Waals surface area contributed by atoms with Crippen LogP contribution in [-0.4, -0.2) is 47.0 Å². The average Bonchev–Trinajstić information content (AvgIpc) is 3.07. The normalized spacial score (nSPS) is 15.6. The maximum atomic E-state index is 12.1. The molecule has 6 heteroatoms. The molecular weight excluding hydrogens is 268 g/mol. The van der Waals surface area contributed by atoms with Crippen LogP contribution in [0.1, 0.15) is 5.76 Å². The van der Waals surface area contributed by atoms with Crippen LogP contribution >= 0.6 is 0 Å². The van der Waals surface area contributed by atoms with E-state index < -0.39 is 0 Å². The maximum Gasteiger partial charge on any atom is 0.246 e. The number of carbonyl (C=O) groups is 1. The van der Waals surface area contributed by atoms with Gasteiger partial charge in [0.25, 0.3) is 0 Å². The zero-order valence-corrected chi connectivity index (χ0v) is 11.6. The molecule has 0 atom stereocenters.